The van der Waals surface area contributed by atoms with Crippen molar-refractivity contribution in [3.05, 3.63) is 72.7 Å². The molecule has 0 fully saturated rings. The minimum Gasteiger partial charge on any atom is -0.461 e. The summed E-state index contributed by atoms with van der Waals surface area (Å²) in [4.78, 5) is 21.7. The number of hydrogen-bond acceptors (Lipinski definition) is 5. The second kappa shape index (κ2) is 7.82. The third-order valence-electron chi connectivity index (χ3n) is 4.10. The summed E-state index contributed by atoms with van der Waals surface area (Å²) in [6.45, 7) is 1.75. The Morgan fingerprint density at radius 3 is 2.64 bits per heavy atom. The first-order chi connectivity index (χ1) is 13.6. The van der Waals surface area contributed by atoms with E-state index >= 15 is 0 Å². The van der Waals surface area contributed by atoms with Crippen LogP contribution in [-0.4, -0.2) is 21.1 Å². The van der Waals surface area contributed by atoms with Crippen molar-refractivity contribution in [2.45, 2.75) is 17.2 Å². The molecule has 2 heterocycles. The van der Waals surface area contributed by atoms with E-state index in [4.69, 9.17) is 4.42 Å². The normalized spacial score (nSPS) is 12.1. The number of nitrogens with one attached hydrogen (secondary N) is 1. The molecular formula is C21H16FN3O2S. The highest BCUT2D eigenvalue weighted by atomic mass is 32.2. The largest absolute Gasteiger partial charge is 0.461 e. The maximum absolute atomic E-state index is 13.8. The Morgan fingerprint density at radius 2 is 1.86 bits per heavy atom. The Hall–Kier alpha value is -3.19. The van der Waals surface area contributed by atoms with Crippen molar-refractivity contribution in [3.63, 3.8) is 0 Å². The van der Waals surface area contributed by atoms with E-state index in [9.17, 15) is 9.18 Å². The van der Waals surface area contributed by atoms with Gasteiger partial charge in [-0.3, -0.25) is 4.79 Å². The Labute approximate surface area is 165 Å². The van der Waals surface area contributed by atoms with E-state index < -0.39 is 11.1 Å². The summed E-state index contributed by atoms with van der Waals surface area (Å²) in [5.41, 5.74) is 0.914. The molecule has 1 N–H and O–H groups in total. The van der Waals surface area contributed by atoms with Crippen LogP contribution in [0.5, 0.6) is 0 Å². The van der Waals surface area contributed by atoms with E-state index in [1.54, 1.807) is 37.5 Å². The number of rotatable bonds is 5. The molecule has 0 bridgehead atoms. The van der Waals surface area contributed by atoms with Crippen molar-refractivity contribution >= 4 is 34.3 Å². The van der Waals surface area contributed by atoms with Crippen LogP contribution >= 0.6 is 11.8 Å². The first-order valence-corrected chi connectivity index (χ1v) is 9.52. The van der Waals surface area contributed by atoms with Crippen LogP contribution in [0.4, 0.5) is 10.1 Å². The third kappa shape index (κ3) is 3.75. The summed E-state index contributed by atoms with van der Waals surface area (Å²) >= 11 is 1.29. The zero-order valence-electron chi connectivity index (χ0n) is 14.9. The van der Waals surface area contributed by atoms with Crippen molar-refractivity contribution in [3.8, 4) is 11.6 Å². The Morgan fingerprint density at radius 1 is 1.07 bits per heavy atom. The van der Waals surface area contributed by atoms with Gasteiger partial charge in [0.2, 0.25) is 5.91 Å². The van der Waals surface area contributed by atoms with Crippen molar-refractivity contribution in [1.29, 1.82) is 0 Å². The van der Waals surface area contributed by atoms with Gasteiger partial charge in [0.1, 0.15) is 10.8 Å². The molecule has 1 atom stereocenters. The maximum atomic E-state index is 13.8. The molecule has 0 saturated heterocycles. The average Bonchev–Trinajstić information content (AvgIpc) is 3.24. The van der Waals surface area contributed by atoms with Crippen LogP contribution in [0.2, 0.25) is 0 Å². The number of halogens is 1. The van der Waals surface area contributed by atoms with Gasteiger partial charge in [-0.25, -0.2) is 14.4 Å². The van der Waals surface area contributed by atoms with Crippen LogP contribution in [0.3, 0.4) is 0 Å². The molecule has 0 aliphatic heterocycles. The van der Waals surface area contributed by atoms with Gasteiger partial charge >= 0.3 is 0 Å². The number of para-hydroxylation sites is 2. The molecule has 140 valence electrons. The maximum Gasteiger partial charge on any atom is 0.237 e. The fraction of sp³-hybridized carbons (Fsp3) is 0.0952. The molecule has 1 amide bonds. The smallest absolute Gasteiger partial charge is 0.237 e. The third-order valence-corrected chi connectivity index (χ3v) is 5.20. The number of hydrogen-bond donors (Lipinski definition) is 1. The monoisotopic (exact) mass is 393 g/mol. The quantitative estimate of drug-likeness (QED) is 0.375. The SMILES string of the molecule is C[C@H](Sc1nc(-c2ccco2)nc2ccccc12)C(=O)Nc1ccccc1F. The number of furan rings is 1. The molecule has 2 aromatic heterocycles. The zero-order valence-corrected chi connectivity index (χ0v) is 15.7. The van der Waals surface area contributed by atoms with Gasteiger partial charge in [-0.15, -0.1) is 0 Å². The van der Waals surface area contributed by atoms with Crippen molar-refractivity contribution in [2.75, 3.05) is 5.32 Å². The summed E-state index contributed by atoms with van der Waals surface area (Å²) in [5, 5.41) is 3.63. The summed E-state index contributed by atoms with van der Waals surface area (Å²) in [7, 11) is 0. The summed E-state index contributed by atoms with van der Waals surface area (Å²) in [5.74, 6) is 0.224. The Kier molecular flexibility index (Phi) is 5.08. The lowest BCUT2D eigenvalue weighted by Gasteiger charge is -2.13. The van der Waals surface area contributed by atoms with Gasteiger partial charge in [-0.2, -0.15) is 0 Å². The van der Waals surface area contributed by atoms with E-state index in [0.717, 1.165) is 10.9 Å². The van der Waals surface area contributed by atoms with Gasteiger partial charge in [0.25, 0.3) is 0 Å². The Bertz CT molecular complexity index is 1130. The van der Waals surface area contributed by atoms with Gasteiger partial charge in [0.05, 0.1) is 22.7 Å². The second-order valence-corrected chi connectivity index (χ2v) is 7.41. The lowest BCUT2D eigenvalue weighted by atomic mass is 10.2. The fourth-order valence-electron chi connectivity index (χ4n) is 2.67. The number of fused-ring (bicyclic) bond motifs is 1. The first kappa shape index (κ1) is 18.2. The van der Waals surface area contributed by atoms with Gasteiger partial charge in [0.15, 0.2) is 11.6 Å². The molecule has 4 aromatic rings. The van der Waals surface area contributed by atoms with Crippen LogP contribution in [0.25, 0.3) is 22.5 Å². The molecule has 4 rings (SSSR count). The van der Waals surface area contributed by atoms with Crippen LogP contribution in [-0.2, 0) is 4.79 Å². The minimum absolute atomic E-state index is 0.156. The number of carbonyl (C=O) groups is 1. The molecule has 0 unspecified atom stereocenters. The molecule has 0 aliphatic rings. The summed E-state index contributed by atoms with van der Waals surface area (Å²) in [6.07, 6.45) is 1.56. The van der Waals surface area contributed by atoms with E-state index in [0.29, 0.717) is 16.6 Å². The molecular weight excluding hydrogens is 377 g/mol. The topological polar surface area (TPSA) is 68.0 Å². The highest BCUT2D eigenvalue weighted by Gasteiger charge is 2.20. The second-order valence-electron chi connectivity index (χ2n) is 6.08. The van der Waals surface area contributed by atoms with Crippen molar-refractivity contribution in [1.82, 2.24) is 9.97 Å². The van der Waals surface area contributed by atoms with E-state index in [1.807, 2.05) is 24.3 Å². The average molecular weight is 393 g/mol. The first-order valence-electron chi connectivity index (χ1n) is 8.64. The van der Waals surface area contributed by atoms with Gasteiger partial charge in [0, 0.05) is 5.39 Å². The number of amides is 1. The molecule has 7 heteroatoms. The van der Waals surface area contributed by atoms with Gasteiger partial charge in [-0.1, -0.05) is 42.1 Å². The predicted molar refractivity (Wildman–Crippen MR) is 108 cm³/mol. The van der Waals surface area contributed by atoms with E-state index in [1.165, 1.54) is 23.9 Å². The number of anilines is 1. The van der Waals surface area contributed by atoms with Crippen LogP contribution in [0.15, 0.2) is 76.4 Å². The van der Waals surface area contributed by atoms with Crippen LogP contribution < -0.4 is 5.32 Å². The molecule has 2 aromatic carbocycles. The van der Waals surface area contributed by atoms with Gasteiger partial charge in [-0.05, 0) is 37.3 Å². The van der Waals surface area contributed by atoms with Gasteiger partial charge < -0.3 is 9.73 Å². The standard InChI is InChI=1S/C21H16FN3O2S/c1-13(20(26)24-17-10-5-3-8-15(17)22)28-21-14-7-2-4-9-16(14)23-19(25-21)18-11-6-12-27-18/h2-13H,1H3,(H,24,26)/t13-/m0/s1. The Balaban J connectivity index is 1.63. The highest BCUT2D eigenvalue weighted by Crippen LogP contribution is 2.31. The van der Waals surface area contributed by atoms with Crippen molar-refractivity contribution < 1.29 is 13.6 Å². The predicted octanol–water partition coefficient (Wildman–Crippen LogP) is 5.15. The highest BCUT2D eigenvalue weighted by molar-refractivity contribution is 8.00. The van der Waals surface area contributed by atoms with E-state index in [-0.39, 0.29) is 11.6 Å². The molecule has 0 saturated carbocycles. The number of benzene rings is 2. The lowest BCUT2D eigenvalue weighted by Crippen LogP contribution is -2.23. The zero-order chi connectivity index (χ0) is 19.5. The summed E-state index contributed by atoms with van der Waals surface area (Å²) < 4.78 is 19.2. The number of thioether (sulfide) groups is 1. The number of carbonyl (C=O) groups excluding carboxylic acids is 1. The lowest BCUT2D eigenvalue weighted by molar-refractivity contribution is -0.115. The molecule has 0 aliphatic carbocycles. The molecule has 28 heavy (non-hydrogen) atoms. The molecule has 5 nitrogen and oxygen atoms in total. The fourth-order valence-corrected chi connectivity index (χ4v) is 3.61. The molecule has 0 radical (unpaired) electrons. The number of aromatic nitrogens is 2. The summed E-state index contributed by atoms with van der Waals surface area (Å²) in [6, 6.07) is 17.2. The van der Waals surface area contributed by atoms with Crippen LogP contribution in [0.1, 0.15) is 6.92 Å². The minimum atomic E-state index is -0.498. The van der Waals surface area contributed by atoms with E-state index in [2.05, 4.69) is 15.3 Å². The van der Waals surface area contributed by atoms with Crippen molar-refractivity contribution in [2.24, 2.45) is 0 Å². The van der Waals surface area contributed by atoms with Crippen LogP contribution in [0, 0.1) is 5.82 Å². The number of nitrogens with zero attached hydrogens (tertiary/aromatic N) is 2. The molecule has 0 spiro atoms.